The molecule has 1 amide bonds. The Bertz CT molecular complexity index is 1180. The number of hydrogen-bond acceptors (Lipinski definition) is 3. The number of anilines is 1. The van der Waals surface area contributed by atoms with Crippen molar-refractivity contribution in [1.29, 1.82) is 0 Å². The Morgan fingerprint density at radius 2 is 1.48 bits per heavy atom. The molecule has 144 valence electrons. The van der Waals surface area contributed by atoms with Crippen molar-refractivity contribution >= 4 is 23.2 Å². The minimum Gasteiger partial charge on any atom is -0.320 e. The van der Waals surface area contributed by atoms with Crippen LogP contribution in [0.5, 0.6) is 0 Å². The fourth-order valence-electron chi connectivity index (χ4n) is 3.69. The highest BCUT2D eigenvalue weighted by atomic mass is 16.2. The first-order valence-electron chi connectivity index (χ1n) is 9.49. The normalized spacial score (nSPS) is 13.5. The van der Waals surface area contributed by atoms with Gasteiger partial charge in [-0.2, -0.15) is 4.57 Å². The van der Waals surface area contributed by atoms with E-state index in [0.29, 0.717) is 27.9 Å². The summed E-state index contributed by atoms with van der Waals surface area (Å²) in [5.74, 6) is -0.575. The van der Waals surface area contributed by atoms with E-state index in [9.17, 15) is 14.4 Å². The van der Waals surface area contributed by atoms with E-state index in [1.54, 1.807) is 42.5 Å². The third-order valence-electron chi connectivity index (χ3n) is 5.54. The molecule has 5 heteroatoms. The monoisotopic (exact) mass is 385 g/mol. The molecule has 0 saturated carbocycles. The molecule has 1 aliphatic carbocycles. The highest BCUT2D eigenvalue weighted by molar-refractivity contribution is 6.28. The number of nitrogens with one attached hydrogen (secondary N) is 1. The van der Waals surface area contributed by atoms with Crippen LogP contribution in [0.25, 0.3) is 0 Å². The maximum absolute atomic E-state index is 12.9. The Hall–Kier alpha value is -3.60. The molecular formula is C24H21N2O3+. The van der Waals surface area contributed by atoms with Crippen LogP contribution in [-0.2, 0) is 4.79 Å². The number of amides is 1. The van der Waals surface area contributed by atoms with Gasteiger partial charge in [-0.3, -0.25) is 14.4 Å². The molecule has 1 aromatic heterocycles. The van der Waals surface area contributed by atoms with E-state index in [2.05, 4.69) is 5.32 Å². The Morgan fingerprint density at radius 3 is 2.17 bits per heavy atom. The number of fused-ring (bicyclic) bond motifs is 2. The maximum atomic E-state index is 12.9. The number of nitrogens with zero attached hydrogens (tertiary/aromatic N) is 1. The number of pyridine rings is 1. The molecule has 0 bridgehead atoms. The largest absolute Gasteiger partial charge is 0.320 e. The summed E-state index contributed by atoms with van der Waals surface area (Å²) < 4.78 is 1.91. The lowest BCUT2D eigenvalue weighted by Crippen LogP contribution is -2.47. The number of carbonyl (C=O) groups is 3. The Morgan fingerprint density at radius 1 is 0.862 bits per heavy atom. The number of benzene rings is 2. The van der Waals surface area contributed by atoms with Gasteiger partial charge < -0.3 is 5.32 Å². The summed E-state index contributed by atoms with van der Waals surface area (Å²) >= 11 is 0. The van der Waals surface area contributed by atoms with Crippen LogP contribution < -0.4 is 9.88 Å². The minimum atomic E-state index is -0.427. The molecule has 3 aromatic rings. The summed E-state index contributed by atoms with van der Waals surface area (Å²) in [6.45, 7) is 5.80. The van der Waals surface area contributed by atoms with Crippen LogP contribution >= 0.6 is 0 Å². The number of hydrogen-bond donors (Lipinski definition) is 1. The van der Waals surface area contributed by atoms with Crippen molar-refractivity contribution in [3.63, 3.8) is 0 Å². The molecule has 4 rings (SSSR count). The molecule has 1 aliphatic rings. The van der Waals surface area contributed by atoms with Crippen molar-refractivity contribution < 1.29 is 19.0 Å². The average molecular weight is 385 g/mol. The summed E-state index contributed by atoms with van der Waals surface area (Å²) in [6.07, 6.45) is 1.87. The topological polar surface area (TPSA) is 67.1 Å². The van der Waals surface area contributed by atoms with Gasteiger partial charge in [-0.25, -0.2) is 0 Å². The van der Waals surface area contributed by atoms with E-state index >= 15 is 0 Å². The lowest BCUT2D eigenvalue weighted by molar-refractivity contribution is -0.711. The highest BCUT2D eigenvalue weighted by Crippen LogP contribution is 2.29. The predicted molar refractivity (Wildman–Crippen MR) is 109 cm³/mol. The van der Waals surface area contributed by atoms with E-state index < -0.39 is 6.04 Å². The number of aromatic nitrogens is 1. The molecule has 1 heterocycles. The summed E-state index contributed by atoms with van der Waals surface area (Å²) in [7, 11) is 0. The zero-order valence-corrected chi connectivity index (χ0v) is 16.5. The fourth-order valence-corrected chi connectivity index (χ4v) is 3.69. The smallest absolute Gasteiger partial charge is 0.293 e. The van der Waals surface area contributed by atoms with Gasteiger partial charge in [0, 0.05) is 53.4 Å². The van der Waals surface area contributed by atoms with Crippen molar-refractivity contribution in [2.24, 2.45) is 0 Å². The molecule has 5 nitrogen and oxygen atoms in total. The quantitative estimate of drug-likeness (QED) is 0.548. The van der Waals surface area contributed by atoms with Gasteiger partial charge in [-0.15, -0.1) is 0 Å². The lowest BCUT2D eigenvalue weighted by atomic mass is 9.84. The molecule has 1 N–H and O–H groups in total. The molecule has 1 atom stereocenters. The second-order valence-corrected chi connectivity index (χ2v) is 7.31. The maximum Gasteiger partial charge on any atom is 0.293 e. The zero-order valence-electron chi connectivity index (χ0n) is 16.5. The van der Waals surface area contributed by atoms with E-state index in [4.69, 9.17) is 0 Å². The molecule has 0 spiro atoms. The second kappa shape index (κ2) is 7.09. The number of aryl methyl sites for hydroxylation is 1. The Balaban J connectivity index is 1.63. The van der Waals surface area contributed by atoms with Crippen LogP contribution in [0.15, 0.2) is 60.8 Å². The van der Waals surface area contributed by atoms with Crippen LogP contribution in [0.3, 0.4) is 0 Å². The van der Waals surface area contributed by atoms with E-state index in [-0.39, 0.29) is 17.5 Å². The molecule has 0 fully saturated rings. The molecule has 0 saturated heterocycles. The van der Waals surface area contributed by atoms with Crippen molar-refractivity contribution in [2.75, 3.05) is 5.32 Å². The van der Waals surface area contributed by atoms with Gasteiger partial charge in [0.05, 0.1) is 0 Å². The first-order valence-corrected chi connectivity index (χ1v) is 9.49. The third-order valence-corrected chi connectivity index (χ3v) is 5.54. The number of carbonyl (C=O) groups excluding carboxylic acids is 3. The first kappa shape index (κ1) is 18.7. The molecule has 2 aromatic carbocycles. The van der Waals surface area contributed by atoms with E-state index in [0.717, 1.165) is 11.3 Å². The van der Waals surface area contributed by atoms with Crippen molar-refractivity contribution in [3.8, 4) is 0 Å². The fraction of sp³-hybridized carbons (Fsp3) is 0.167. The van der Waals surface area contributed by atoms with Crippen molar-refractivity contribution in [3.05, 3.63) is 94.3 Å². The minimum absolute atomic E-state index is 0.174. The molecule has 29 heavy (non-hydrogen) atoms. The van der Waals surface area contributed by atoms with Crippen LogP contribution in [-0.4, -0.2) is 17.5 Å². The zero-order chi connectivity index (χ0) is 20.7. The van der Waals surface area contributed by atoms with Crippen LogP contribution in [0.4, 0.5) is 5.69 Å². The van der Waals surface area contributed by atoms with Gasteiger partial charge in [0.15, 0.2) is 23.5 Å². The van der Waals surface area contributed by atoms with Gasteiger partial charge in [0.2, 0.25) is 6.04 Å². The SMILES string of the molecule is Cc1ccc[n+]([C@H](C)C(=O)Nc2ccc3c(c2)C(=O)c2ccccc2C3=O)c1C. The number of rotatable bonds is 3. The Labute approximate surface area is 169 Å². The van der Waals surface area contributed by atoms with Gasteiger partial charge >= 0.3 is 0 Å². The summed E-state index contributed by atoms with van der Waals surface area (Å²) in [6, 6.07) is 15.1. The summed E-state index contributed by atoms with van der Waals surface area (Å²) in [5, 5.41) is 2.87. The number of ketones is 2. The van der Waals surface area contributed by atoms with Gasteiger partial charge in [0.1, 0.15) is 0 Å². The Kier molecular flexibility index (Phi) is 4.59. The molecule has 0 aliphatic heterocycles. The summed E-state index contributed by atoms with van der Waals surface area (Å²) in [5.41, 5.74) is 4.10. The van der Waals surface area contributed by atoms with Gasteiger partial charge in [-0.1, -0.05) is 24.3 Å². The predicted octanol–water partition coefficient (Wildman–Crippen LogP) is 3.57. The first-order chi connectivity index (χ1) is 13.9. The van der Waals surface area contributed by atoms with E-state index in [1.165, 1.54) is 0 Å². The van der Waals surface area contributed by atoms with Crippen molar-refractivity contribution in [1.82, 2.24) is 0 Å². The van der Waals surface area contributed by atoms with Crippen LogP contribution in [0.1, 0.15) is 56.1 Å². The van der Waals surface area contributed by atoms with Gasteiger partial charge in [-0.05, 0) is 31.2 Å². The van der Waals surface area contributed by atoms with Gasteiger partial charge in [0.25, 0.3) is 5.91 Å². The summed E-state index contributed by atoms with van der Waals surface area (Å²) in [4.78, 5) is 38.4. The molecule has 0 unspecified atom stereocenters. The second-order valence-electron chi connectivity index (χ2n) is 7.31. The van der Waals surface area contributed by atoms with Crippen LogP contribution in [0, 0.1) is 13.8 Å². The highest BCUT2D eigenvalue weighted by Gasteiger charge is 2.30. The lowest BCUT2D eigenvalue weighted by Gasteiger charge is -2.18. The average Bonchev–Trinajstić information content (AvgIpc) is 2.73. The van der Waals surface area contributed by atoms with Crippen molar-refractivity contribution in [2.45, 2.75) is 26.8 Å². The third kappa shape index (κ3) is 3.14. The van der Waals surface area contributed by atoms with E-state index in [1.807, 2.05) is 43.7 Å². The molecular weight excluding hydrogens is 364 g/mol. The molecule has 0 radical (unpaired) electrons. The van der Waals surface area contributed by atoms with Crippen LogP contribution in [0.2, 0.25) is 0 Å². The standard InChI is InChI=1S/C24H20N2O3/c1-14-7-6-12-26(15(14)2)16(3)24(29)25-17-10-11-20-21(13-17)23(28)19-9-5-4-8-18(19)22(20)27/h4-13,16H,1-3H3/p+1/t16-/m1/s1.